The van der Waals surface area contributed by atoms with Gasteiger partial charge in [-0.3, -0.25) is 4.79 Å². The smallest absolute Gasteiger partial charge is 0.255 e. The molecule has 0 bridgehead atoms. The van der Waals surface area contributed by atoms with Gasteiger partial charge in [0, 0.05) is 16.3 Å². The number of halogens is 2. The molecule has 0 saturated heterocycles. The highest BCUT2D eigenvalue weighted by Gasteiger charge is 2.10. The fourth-order valence-electron chi connectivity index (χ4n) is 1.67. The molecule has 2 aromatic rings. The van der Waals surface area contributed by atoms with E-state index in [4.69, 9.17) is 28.9 Å². The predicted molar refractivity (Wildman–Crippen MR) is 80.0 cm³/mol. The molecule has 0 fully saturated rings. The normalized spacial score (nSPS) is 10.3. The second-order valence-corrected chi connectivity index (χ2v) is 5.05. The molecular weight excluding hydrogens is 283 g/mol. The first kappa shape index (κ1) is 13.7. The van der Waals surface area contributed by atoms with Crippen LogP contribution in [0.4, 0.5) is 11.4 Å². The van der Waals surface area contributed by atoms with E-state index >= 15 is 0 Å². The Hall–Kier alpha value is -1.71. The number of benzene rings is 2. The van der Waals surface area contributed by atoms with Crippen molar-refractivity contribution in [2.45, 2.75) is 6.92 Å². The number of carbonyl (C=O) groups excluding carboxylic acids is 1. The molecule has 3 N–H and O–H groups in total. The molecule has 2 rings (SSSR count). The summed E-state index contributed by atoms with van der Waals surface area (Å²) in [4.78, 5) is 12.1. The number of nitrogens with one attached hydrogen (secondary N) is 1. The van der Waals surface area contributed by atoms with Crippen molar-refractivity contribution < 1.29 is 4.79 Å². The van der Waals surface area contributed by atoms with Crippen molar-refractivity contribution in [1.29, 1.82) is 0 Å². The van der Waals surface area contributed by atoms with Crippen LogP contribution in [0.3, 0.4) is 0 Å². The summed E-state index contributed by atoms with van der Waals surface area (Å²) in [6.07, 6.45) is 0. The van der Waals surface area contributed by atoms with E-state index in [1.54, 1.807) is 30.3 Å². The standard InChI is InChI=1S/C14H12Cl2N2O/c1-8-2-3-12(16)13(4-8)18-14(19)9-5-10(15)7-11(17)6-9/h2-7H,17H2,1H3,(H,18,19). The molecule has 0 aliphatic heterocycles. The number of anilines is 2. The van der Waals surface area contributed by atoms with Crippen LogP contribution in [0, 0.1) is 6.92 Å². The topological polar surface area (TPSA) is 55.1 Å². The lowest BCUT2D eigenvalue weighted by Crippen LogP contribution is -2.12. The van der Waals surface area contributed by atoms with Gasteiger partial charge in [0.15, 0.2) is 0 Å². The Morgan fingerprint density at radius 2 is 1.89 bits per heavy atom. The minimum absolute atomic E-state index is 0.304. The average Bonchev–Trinajstić information content (AvgIpc) is 2.32. The van der Waals surface area contributed by atoms with E-state index in [2.05, 4.69) is 5.32 Å². The van der Waals surface area contributed by atoms with Crippen molar-refractivity contribution in [2.75, 3.05) is 11.1 Å². The largest absolute Gasteiger partial charge is 0.399 e. The van der Waals surface area contributed by atoms with E-state index in [1.807, 2.05) is 13.0 Å². The first-order valence-electron chi connectivity index (χ1n) is 5.59. The second-order valence-electron chi connectivity index (χ2n) is 4.21. The van der Waals surface area contributed by atoms with Crippen molar-refractivity contribution in [3.63, 3.8) is 0 Å². The summed E-state index contributed by atoms with van der Waals surface area (Å²) in [5.74, 6) is -0.304. The fourth-order valence-corrected chi connectivity index (χ4v) is 2.08. The third kappa shape index (κ3) is 3.40. The van der Waals surface area contributed by atoms with Crippen LogP contribution < -0.4 is 11.1 Å². The molecule has 0 aromatic heterocycles. The molecule has 5 heteroatoms. The molecule has 0 aliphatic rings. The van der Waals surface area contributed by atoms with Crippen molar-refractivity contribution in [1.82, 2.24) is 0 Å². The Balaban J connectivity index is 2.28. The SMILES string of the molecule is Cc1ccc(Cl)c(NC(=O)c2cc(N)cc(Cl)c2)c1. The number of rotatable bonds is 2. The van der Waals surface area contributed by atoms with E-state index in [0.29, 0.717) is 27.0 Å². The lowest BCUT2D eigenvalue weighted by atomic mass is 10.1. The highest BCUT2D eigenvalue weighted by atomic mass is 35.5. The van der Waals surface area contributed by atoms with Gasteiger partial charge in [0.25, 0.3) is 5.91 Å². The van der Waals surface area contributed by atoms with Gasteiger partial charge in [-0.05, 0) is 42.8 Å². The van der Waals surface area contributed by atoms with Crippen LogP contribution in [0.5, 0.6) is 0 Å². The number of aryl methyl sites for hydroxylation is 1. The molecule has 1 amide bonds. The Kier molecular flexibility index (Phi) is 3.98. The monoisotopic (exact) mass is 294 g/mol. The summed E-state index contributed by atoms with van der Waals surface area (Å²) in [7, 11) is 0. The van der Waals surface area contributed by atoms with Gasteiger partial charge in [0.05, 0.1) is 10.7 Å². The van der Waals surface area contributed by atoms with Crippen molar-refractivity contribution in [3.8, 4) is 0 Å². The molecule has 0 unspecified atom stereocenters. The van der Waals surface area contributed by atoms with Crippen LogP contribution in [-0.2, 0) is 0 Å². The Bertz CT molecular complexity index is 621. The number of nitrogens with two attached hydrogens (primary N) is 1. The van der Waals surface area contributed by atoms with Crippen LogP contribution in [0.1, 0.15) is 15.9 Å². The van der Waals surface area contributed by atoms with Crippen LogP contribution >= 0.6 is 23.2 Å². The molecule has 19 heavy (non-hydrogen) atoms. The van der Waals surface area contributed by atoms with Gasteiger partial charge in [0.1, 0.15) is 0 Å². The molecular formula is C14H12Cl2N2O. The Morgan fingerprint density at radius 1 is 1.16 bits per heavy atom. The van der Waals surface area contributed by atoms with Crippen LogP contribution in [0.15, 0.2) is 36.4 Å². The molecule has 3 nitrogen and oxygen atoms in total. The van der Waals surface area contributed by atoms with Gasteiger partial charge in [-0.15, -0.1) is 0 Å². The van der Waals surface area contributed by atoms with E-state index in [9.17, 15) is 4.79 Å². The van der Waals surface area contributed by atoms with Gasteiger partial charge in [-0.2, -0.15) is 0 Å². The van der Waals surface area contributed by atoms with Gasteiger partial charge in [-0.25, -0.2) is 0 Å². The summed E-state index contributed by atoms with van der Waals surface area (Å²) in [6, 6.07) is 10.1. The van der Waals surface area contributed by atoms with E-state index in [1.165, 1.54) is 0 Å². The summed E-state index contributed by atoms with van der Waals surface area (Å²) in [6.45, 7) is 1.92. The number of nitrogen functional groups attached to an aromatic ring is 1. The van der Waals surface area contributed by atoms with Crippen LogP contribution in [0.25, 0.3) is 0 Å². The summed E-state index contributed by atoms with van der Waals surface area (Å²) >= 11 is 11.9. The van der Waals surface area contributed by atoms with Gasteiger partial charge >= 0.3 is 0 Å². The van der Waals surface area contributed by atoms with E-state index in [-0.39, 0.29) is 5.91 Å². The highest BCUT2D eigenvalue weighted by molar-refractivity contribution is 6.34. The molecule has 0 spiro atoms. The molecule has 0 radical (unpaired) electrons. The zero-order valence-electron chi connectivity index (χ0n) is 10.2. The third-order valence-electron chi connectivity index (χ3n) is 2.55. The van der Waals surface area contributed by atoms with Gasteiger partial charge < -0.3 is 11.1 Å². The zero-order chi connectivity index (χ0) is 14.0. The third-order valence-corrected chi connectivity index (χ3v) is 3.10. The molecule has 98 valence electrons. The van der Waals surface area contributed by atoms with E-state index in [0.717, 1.165) is 5.56 Å². The van der Waals surface area contributed by atoms with Crippen LogP contribution in [0.2, 0.25) is 10.0 Å². The summed E-state index contributed by atoms with van der Waals surface area (Å²) in [5.41, 5.74) is 8.05. The van der Waals surface area contributed by atoms with E-state index < -0.39 is 0 Å². The number of hydrogen-bond donors (Lipinski definition) is 2. The van der Waals surface area contributed by atoms with Gasteiger partial charge in [-0.1, -0.05) is 29.3 Å². The molecule has 0 atom stereocenters. The number of carbonyl (C=O) groups is 1. The zero-order valence-corrected chi connectivity index (χ0v) is 11.7. The van der Waals surface area contributed by atoms with Crippen LogP contribution in [-0.4, -0.2) is 5.91 Å². The Labute approximate surface area is 121 Å². The van der Waals surface area contributed by atoms with Crippen molar-refractivity contribution in [3.05, 3.63) is 57.6 Å². The maximum atomic E-state index is 12.1. The molecule has 0 heterocycles. The lowest BCUT2D eigenvalue weighted by molar-refractivity contribution is 0.102. The molecule has 0 saturated carbocycles. The predicted octanol–water partition coefficient (Wildman–Crippen LogP) is 4.14. The maximum absolute atomic E-state index is 12.1. The maximum Gasteiger partial charge on any atom is 0.255 e. The quantitative estimate of drug-likeness (QED) is 0.818. The summed E-state index contributed by atoms with van der Waals surface area (Å²) in [5, 5.41) is 3.63. The molecule has 0 aliphatic carbocycles. The minimum atomic E-state index is -0.304. The minimum Gasteiger partial charge on any atom is -0.399 e. The first-order chi connectivity index (χ1) is 8.95. The average molecular weight is 295 g/mol. The van der Waals surface area contributed by atoms with Crippen molar-refractivity contribution in [2.24, 2.45) is 0 Å². The Morgan fingerprint density at radius 3 is 2.58 bits per heavy atom. The second kappa shape index (κ2) is 5.51. The summed E-state index contributed by atoms with van der Waals surface area (Å²) < 4.78 is 0. The first-order valence-corrected chi connectivity index (χ1v) is 6.35. The lowest BCUT2D eigenvalue weighted by Gasteiger charge is -2.09. The fraction of sp³-hybridized carbons (Fsp3) is 0.0714. The van der Waals surface area contributed by atoms with Crippen molar-refractivity contribution >= 4 is 40.5 Å². The molecule has 2 aromatic carbocycles. The van der Waals surface area contributed by atoms with Gasteiger partial charge in [0.2, 0.25) is 0 Å². The highest BCUT2D eigenvalue weighted by Crippen LogP contribution is 2.24. The number of hydrogen-bond acceptors (Lipinski definition) is 2. The number of amides is 1.